The van der Waals surface area contributed by atoms with Crippen LogP contribution in [0.4, 0.5) is 4.39 Å². The van der Waals surface area contributed by atoms with Crippen molar-refractivity contribution in [2.75, 3.05) is 21.3 Å². The molecular formula is C17H17BrFNO3. The molecule has 122 valence electrons. The van der Waals surface area contributed by atoms with Crippen molar-refractivity contribution in [1.29, 1.82) is 0 Å². The molecule has 0 bridgehead atoms. The van der Waals surface area contributed by atoms with Crippen molar-refractivity contribution in [2.24, 2.45) is 0 Å². The summed E-state index contributed by atoms with van der Waals surface area (Å²) >= 11 is 3.22. The van der Waals surface area contributed by atoms with Gasteiger partial charge in [-0.3, -0.25) is 4.79 Å². The molecule has 0 aliphatic carbocycles. The summed E-state index contributed by atoms with van der Waals surface area (Å²) in [4.78, 5) is 14.1. The summed E-state index contributed by atoms with van der Waals surface area (Å²) in [7, 11) is 4.79. The number of carbonyl (C=O) groups is 1. The number of amides is 1. The normalized spacial score (nSPS) is 10.3. The molecule has 0 heterocycles. The van der Waals surface area contributed by atoms with Crippen LogP contribution in [0.1, 0.15) is 15.9 Å². The quantitative estimate of drug-likeness (QED) is 0.788. The van der Waals surface area contributed by atoms with Gasteiger partial charge < -0.3 is 14.4 Å². The molecule has 2 aromatic rings. The SMILES string of the molecule is COc1cccc(CN(C)C(=O)c2ccc(F)cc2Br)c1OC. The topological polar surface area (TPSA) is 38.8 Å². The van der Waals surface area contributed by atoms with E-state index in [1.54, 1.807) is 27.3 Å². The Balaban J connectivity index is 2.25. The van der Waals surface area contributed by atoms with Gasteiger partial charge in [0.25, 0.3) is 5.91 Å². The molecule has 2 aromatic carbocycles. The molecule has 0 saturated carbocycles. The zero-order valence-corrected chi connectivity index (χ0v) is 14.7. The number of halogens is 2. The Bertz CT molecular complexity index is 721. The number of benzene rings is 2. The lowest BCUT2D eigenvalue weighted by Crippen LogP contribution is -2.26. The Morgan fingerprint density at radius 3 is 2.57 bits per heavy atom. The van der Waals surface area contributed by atoms with Crippen molar-refractivity contribution in [1.82, 2.24) is 4.90 Å². The minimum atomic E-state index is -0.398. The van der Waals surface area contributed by atoms with Crippen LogP contribution in [0.2, 0.25) is 0 Å². The molecule has 0 atom stereocenters. The minimum absolute atomic E-state index is 0.221. The number of nitrogens with zero attached hydrogens (tertiary/aromatic N) is 1. The fourth-order valence-electron chi connectivity index (χ4n) is 2.27. The van der Waals surface area contributed by atoms with E-state index in [2.05, 4.69) is 15.9 Å². The summed E-state index contributed by atoms with van der Waals surface area (Å²) in [5, 5.41) is 0. The highest BCUT2D eigenvalue weighted by Gasteiger charge is 2.18. The lowest BCUT2D eigenvalue weighted by atomic mass is 10.1. The summed E-state index contributed by atoms with van der Waals surface area (Å²) < 4.78 is 24.2. The maximum Gasteiger partial charge on any atom is 0.255 e. The van der Waals surface area contributed by atoms with Gasteiger partial charge in [0.05, 0.1) is 19.8 Å². The van der Waals surface area contributed by atoms with Crippen LogP contribution in [0.25, 0.3) is 0 Å². The summed E-state index contributed by atoms with van der Waals surface area (Å²) in [5.74, 6) is 0.578. The van der Waals surface area contributed by atoms with Crippen molar-refractivity contribution < 1.29 is 18.7 Å². The molecular weight excluding hydrogens is 365 g/mol. The molecule has 0 fully saturated rings. The van der Waals surface area contributed by atoms with Crippen molar-refractivity contribution >= 4 is 21.8 Å². The summed E-state index contributed by atoms with van der Waals surface area (Å²) in [6.45, 7) is 0.336. The van der Waals surface area contributed by atoms with Crippen molar-refractivity contribution in [3.63, 3.8) is 0 Å². The van der Waals surface area contributed by atoms with Gasteiger partial charge in [-0.05, 0) is 40.2 Å². The second-order valence-corrected chi connectivity index (χ2v) is 5.79. The van der Waals surface area contributed by atoms with E-state index in [1.165, 1.54) is 23.1 Å². The van der Waals surface area contributed by atoms with Gasteiger partial charge in [-0.25, -0.2) is 4.39 Å². The molecule has 0 aliphatic rings. The number of methoxy groups -OCH3 is 2. The van der Waals surface area contributed by atoms with Gasteiger partial charge in [0.2, 0.25) is 0 Å². The maximum atomic E-state index is 13.2. The first-order valence-electron chi connectivity index (χ1n) is 6.88. The van der Waals surface area contributed by atoms with Crippen LogP contribution in [0, 0.1) is 5.82 Å². The molecule has 23 heavy (non-hydrogen) atoms. The smallest absolute Gasteiger partial charge is 0.255 e. The highest BCUT2D eigenvalue weighted by molar-refractivity contribution is 9.10. The summed E-state index contributed by atoms with van der Waals surface area (Å²) in [6, 6.07) is 9.49. The lowest BCUT2D eigenvalue weighted by molar-refractivity contribution is 0.0783. The van der Waals surface area contributed by atoms with Crippen molar-refractivity contribution in [3.05, 3.63) is 57.8 Å². The van der Waals surface area contributed by atoms with E-state index < -0.39 is 5.82 Å². The van der Waals surface area contributed by atoms with Gasteiger partial charge in [0.15, 0.2) is 11.5 Å². The fraction of sp³-hybridized carbons (Fsp3) is 0.235. The van der Waals surface area contributed by atoms with E-state index in [4.69, 9.17) is 9.47 Å². The molecule has 6 heteroatoms. The predicted molar refractivity (Wildman–Crippen MR) is 89.4 cm³/mol. The van der Waals surface area contributed by atoms with Crippen molar-refractivity contribution in [3.8, 4) is 11.5 Å². The average Bonchev–Trinajstić information content (AvgIpc) is 2.53. The zero-order valence-electron chi connectivity index (χ0n) is 13.1. The van der Waals surface area contributed by atoms with Gasteiger partial charge in [0.1, 0.15) is 5.82 Å². The standard InChI is InChI=1S/C17H17BrFNO3/c1-20(17(21)13-8-7-12(19)9-14(13)18)10-11-5-4-6-15(22-2)16(11)23-3/h4-9H,10H2,1-3H3. The lowest BCUT2D eigenvalue weighted by Gasteiger charge is -2.20. The number of carbonyl (C=O) groups excluding carboxylic acids is 1. The fourth-order valence-corrected chi connectivity index (χ4v) is 2.79. The molecule has 0 aliphatic heterocycles. The number of hydrogen-bond donors (Lipinski definition) is 0. The first-order chi connectivity index (χ1) is 11.0. The molecule has 0 saturated heterocycles. The second kappa shape index (κ2) is 7.46. The molecule has 0 radical (unpaired) electrons. The van der Waals surface area contributed by atoms with Gasteiger partial charge in [-0.15, -0.1) is 0 Å². The highest BCUT2D eigenvalue weighted by Crippen LogP contribution is 2.31. The van der Waals surface area contributed by atoms with Crippen molar-refractivity contribution in [2.45, 2.75) is 6.54 Å². The van der Waals surface area contributed by atoms with E-state index in [9.17, 15) is 9.18 Å². The van der Waals surface area contributed by atoms with Gasteiger partial charge in [-0.1, -0.05) is 12.1 Å². The largest absolute Gasteiger partial charge is 0.493 e. The van der Waals surface area contributed by atoms with Crippen LogP contribution in [0.5, 0.6) is 11.5 Å². The molecule has 0 N–H and O–H groups in total. The van der Waals surface area contributed by atoms with Crippen LogP contribution in [0.15, 0.2) is 40.9 Å². The number of para-hydroxylation sites is 1. The molecule has 0 unspecified atom stereocenters. The minimum Gasteiger partial charge on any atom is -0.493 e. The summed E-state index contributed by atoms with van der Waals surface area (Å²) in [5.41, 5.74) is 1.22. The molecule has 2 rings (SSSR count). The van der Waals surface area contributed by atoms with E-state index in [1.807, 2.05) is 12.1 Å². The van der Waals surface area contributed by atoms with Gasteiger partial charge in [0, 0.05) is 23.6 Å². The Morgan fingerprint density at radius 2 is 1.96 bits per heavy atom. The van der Waals surface area contributed by atoms with E-state index in [0.717, 1.165) is 5.56 Å². The third kappa shape index (κ3) is 3.82. The van der Waals surface area contributed by atoms with Crippen LogP contribution >= 0.6 is 15.9 Å². The predicted octanol–water partition coefficient (Wildman–Crippen LogP) is 3.88. The third-order valence-electron chi connectivity index (χ3n) is 3.40. The average molecular weight is 382 g/mol. The monoisotopic (exact) mass is 381 g/mol. The Labute approximate surface area is 142 Å². The summed E-state index contributed by atoms with van der Waals surface area (Å²) in [6.07, 6.45) is 0. The van der Waals surface area contributed by atoms with E-state index >= 15 is 0 Å². The Morgan fingerprint density at radius 1 is 1.22 bits per heavy atom. The number of rotatable bonds is 5. The first kappa shape index (κ1) is 17.3. The van der Waals surface area contributed by atoms with Gasteiger partial charge in [-0.2, -0.15) is 0 Å². The van der Waals surface area contributed by atoms with E-state index in [-0.39, 0.29) is 5.91 Å². The second-order valence-electron chi connectivity index (χ2n) is 4.94. The Kier molecular flexibility index (Phi) is 5.60. The Hall–Kier alpha value is -2.08. The number of ether oxygens (including phenoxy) is 2. The molecule has 1 amide bonds. The molecule has 0 spiro atoms. The van der Waals surface area contributed by atoms with Crippen LogP contribution in [0.3, 0.4) is 0 Å². The van der Waals surface area contributed by atoms with Crippen LogP contribution < -0.4 is 9.47 Å². The highest BCUT2D eigenvalue weighted by atomic mass is 79.9. The first-order valence-corrected chi connectivity index (χ1v) is 7.67. The van der Waals surface area contributed by atoms with Gasteiger partial charge >= 0.3 is 0 Å². The van der Waals surface area contributed by atoms with Crippen LogP contribution in [-0.2, 0) is 6.54 Å². The zero-order chi connectivity index (χ0) is 17.0. The molecule has 0 aromatic heterocycles. The number of hydrogen-bond acceptors (Lipinski definition) is 3. The van der Waals surface area contributed by atoms with E-state index in [0.29, 0.717) is 28.1 Å². The maximum absolute atomic E-state index is 13.2. The third-order valence-corrected chi connectivity index (χ3v) is 4.06. The molecule has 4 nitrogen and oxygen atoms in total. The van der Waals surface area contributed by atoms with Crippen LogP contribution in [-0.4, -0.2) is 32.1 Å².